The molecule has 1 aromatic carbocycles. The summed E-state index contributed by atoms with van der Waals surface area (Å²) in [5, 5.41) is 11.9. The van der Waals surface area contributed by atoms with Crippen LogP contribution in [-0.4, -0.2) is 17.6 Å². The predicted molar refractivity (Wildman–Crippen MR) is 59.2 cm³/mol. The standard InChI is InChI=1S/C12H14FNO2/c13-9-5-2-6-10(11(9)12(15)16)14-7-8-3-1-4-8/h2,5-6,8,14H,1,3-4,7H2,(H,15,16). The number of nitrogens with one attached hydrogen (secondary N) is 1. The molecule has 0 heterocycles. The molecule has 0 radical (unpaired) electrons. The summed E-state index contributed by atoms with van der Waals surface area (Å²) in [4.78, 5) is 10.9. The molecule has 0 amide bonds. The third kappa shape index (κ3) is 2.15. The molecule has 0 aliphatic heterocycles. The van der Waals surface area contributed by atoms with Crippen molar-refractivity contribution in [3.63, 3.8) is 0 Å². The monoisotopic (exact) mass is 223 g/mol. The fraction of sp³-hybridized carbons (Fsp3) is 0.417. The number of carboxylic acids is 1. The van der Waals surface area contributed by atoms with E-state index >= 15 is 0 Å². The first kappa shape index (κ1) is 10.9. The molecule has 4 heteroatoms. The number of carbonyl (C=O) groups is 1. The Morgan fingerprint density at radius 3 is 2.81 bits per heavy atom. The van der Waals surface area contributed by atoms with Crippen LogP contribution in [0.5, 0.6) is 0 Å². The van der Waals surface area contributed by atoms with Gasteiger partial charge in [0.2, 0.25) is 0 Å². The van der Waals surface area contributed by atoms with Crippen LogP contribution in [0.3, 0.4) is 0 Å². The number of anilines is 1. The fourth-order valence-corrected chi connectivity index (χ4v) is 1.84. The Labute approximate surface area is 93.3 Å². The normalized spacial score (nSPS) is 15.6. The average Bonchev–Trinajstić information content (AvgIpc) is 2.14. The maximum Gasteiger partial charge on any atom is 0.340 e. The van der Waals surface area contributed by atoms with Crippen LogP contribution in [0, 0.1) is 11.7 Å². The second-order valence-corrected chi connectivity index (χ2v) is 4.15. The molecule has 3 nitrogen and oxygen atoms in total. The van der Waals surface area contributed by atoms with Gasteiger partial charge in [0.25, 0.3) is 0 Å². The number of hydrogen-bond donors (Lipinski definition) is 2. The molecule has 1 aromatic rings. The molecule has 0 saturated heterocycles. The van der Waals surface area contributed by atoms with E-state index < -0.39 is 11.8 Å². The summed E-state index contributed by atoms with van der Waals surface area (Å²) in [6.45, 7) is 0.726. The van der Waals surface area contributed by atoms with Crippen LogP contribution in [0.2, 0.25) is 0 Å². The third-order valence-corrected chi connectivity index (χ3v) is 3.03. The van der Waals surface area contributed by atoms with E-state index in [1.165, 1.54) is 25.3 Å². The van der Waals surface area contributed by atoms with Gasteiger partial charge in [-0.1, -0.05) is 12.5 Å². The Bertz CT molecular complexity index is 402. The second-order valence-electron chi connectivity index (χ2n) is 4.15. The number of rotatable bonds is 4. The molecular formula is C12H14FNO2. The van der Waals surface area contributed by atoms with Gasteiger partial charge in [-0.2, -0.15) is 0 Å². The zero-order chi connectivity index (χ0) is 11.5. The maximum absolute atomic E-state index is 13.3. The lowest BCUT2D eigenvalue weighted by Crippen LogP contribution is -2.22. The van der Waals surface area contributed by atoms with Crippen LogP contribution in [0.1, 0.15) is 29.6 Å². The van der Waals surface area contributed by atoms with Gasteiger partial charge in [0.1, 0.15) is 11.4 Å². The van der Waals surface area contributed by atoms with Crippen molar-refractivity contribution >= 4 is 11.7 Å². The van der Waals surface area contributed by atoms with Gasteiger partial charge in [0.15, 0.2) is 0 Å². The van der Waals surface area contributed by atoms with Crippen molar-refractivity contribution in [1.29, 1.82) is 0 Å². The van der Waals surface area contributed by atoms with E-state index in [-0.39, 0.29) is 5.56 Å². The fourth-order valence-electron chi connectivity index (χ4n) is 1.84. The van der Waals surface area contributed by atoms with Crippen molar-refractivity contribution in [2.24, 2.45) is 5.92 Å². The molecule has 1 saturated carbocycles. The van der Waals surface area contributed by atoms with Gasteiger partial charge >= 0.3 is 5.97 Å². The lowest BCUT2D eigenvalue weighted by Gasteiger charge is -2.26. The highest BCUT2D eigenvalue weighted by Crippen LogP contribution is 2.27. The molecule has 0 atom stereocenters. The SMILES string of the molecule is O=C(O)c1c(F)cccc1NCC1CCC1. The van der Waals surface area contributed by atoms with Gasteiger partial charge in [-0.25, -0.2) is 9.18 Å². The molecule has 1 aliphatic carbocycles. The van der Waals surface area contributed by atoms with Crippen LogP contribution >= 0.6 is 0 Å². The van der Waals surface area contributed by atoms with E-state index in [9.17, 15) is 9.18 Å². The molecule has 1 fully saturated rings. The van der Waals surface area contributed by atoms with Crippen molar-refractivity contribution in [3.8, 4) is 0 Å². The quantitative estimate of drug-likeness (QED) is 0.825. The third-order valence-electron chi connectivity index (χ3n) is 3.03. The lowest BCUT2D eigenvalue weighted by atomic mass is 9.85. The minimum Gasteiger partial charge on any atom is -0.478 e. The number of aromatic carboxylic acids is 1. The molecule has 2 rings (SSSR count). The van der Waals surface area contributed by atoms with Crippen LogP contribution in [0.4, 0.5) is 10.1 Å². The van der Waals surface area contributed by atoms with Gasteiger partial charge in [0.05, 0.1) is 5.69 Å². The van der Waals surface area contributed by atoms with Crippen LogP contribution in [-0.2, 0) is 0 Å². The van der Waals surface area contributed by atoms with E-state index in [0.717, 1.165) is 12.6 Å². The summed E-state index contributed by atoms with van der Waals surface area (Å²) < 4.78 is 13.3. The largest absolute Gasteiger partial charge is 0.478 e. The zero-order valence-electron chi connectivity index (χ0n) is 8.87. The molecule has 0 unspecified atom stereocenters. The van der Waals surface area contributed by atoms with Gasteiger partial charge < -0.3 is 10.4 Å². The van der Waals surface area contributed by atoms with Crippen LogP contribution < -0.4 is 5.32 Å². The van der Waals surface area contributed by atoms with Crippen molar-refractivity contribution in [2.75, 3.05) is 11.9 Å². The zero-order valence-corrected chi connectivity index (χ0v) is 8.87. The highest BCUT2D eigenvalue weighted by Gasteiger charge is 2.19. The van der Waals surface area contributed by atoms with Gasteiger partial charge in [-0.15, -0.1) is 0 Å². The summed E-state index contributed by atoms with van der Waals surface area (Å²) in [5.41, 5.74) is 0.112. The van der Waals surface area contributed by atoms with E-state index in [0.29, 0.717) is 11.6 Å². The minimum absolute atomic E-state index is 0.262. The minimum atomic E-state index is -1.23. The first-order valence-corrected chi connectivity index (χ1v) is 5.44. The molecule has 1 aliphatic rings. The van der Waals surface area contributed by atoms with Gasteiger partial charge in [-0.05, 0) is 30.9 Å². The Hall–Kier alpha value is -1.58. The number of carboxylic acid groups (broad SMARTS) is 1. The molecule has 0 spiro atoms. The Balaban J connectivity index is 2.12. The topological polar surface area (TPSA) is 49.3 Å². The number of halogens is 1. The summed E-state index contributed by atoms with van der Waals surface area (Å²) in [5.74, 6) is -1.31. The van der Waals surface area contributed by atoms with E-state index in [1.807, 2.05) is 0 Å². The summed E-state index contributed by atoms with van der Waals surface area (Å²) in [6.07, 6.45) is 3.58. The van der Waals surface area contributed by atoms with E-state index in [1.54, 1.807) is 6.07 Å². The van der Waals surface area contributed by atoms with Crippen molar-refractivity contribution < 1.29 is 14.3 Å². The average molecular weight is 223 g/mol. The molecule has 0 bridgehead atoms. The number of benzene rings is 1. The summed E-state index contributed by atoms with van der Waals surface area (Å²) >= 11 is 0. The highest BCUT2D eigenvalue weighted by molar-refractivity contribution is 5.94. The highest BCUT2D eigenvalue weighted by atomic mass is 19.1. The first-order chi connectivity index (χ1) is 7.68. The van der Waals surface area contributed by atoms with E-state index in [2.05, 4.69) is 5.32 Å². The van der Waals surface area contributed by atoms with Crippen molar-refractivity contribution in [3.05, 3.63) is 29.6 Å². The van der Waals surface area contributed by atoms with Crippen LogP contribution in [0.25, 0.3) is 0 Å². The van der Waals surface area contributed by atoms with Crippen molar-refractivity contribution in [2.45, 2.75) is 19.3 Å². The summed E-state index contributed by atoms with van der Waals surface area (Å²) in [7, 11) is 0. The smallest absolute Gasteiger partial charge is 0.340 e. The first-order valence-electron chi connectivity index (χ1n) is 5.44. The van der Waals surface area contributed by atoms with E-state index in [4.69, 9.17) is 5.11 Å². The van der Waals surface area contributed by atoms with Gasteiger partial charge in [-0.3, -0.25) is 0 Å². The Kier molecular flexibility index (Phi) is 3.08. The van der Waals surface area contributed by atoms with Crippen LogP contribution in [0.15, 0.2) is 18.2 Å². The van der Waals surface area contributed by atoms with Gasteiger partial charge in [0, 0.05) is 6.54 Å². The molecule has 2 N–H and O–H groups in total. The Morgan fingerprint density at radius 2 is 2.25 bits per heavy atom. The summed E-state index contributed by atoms with van der Waals surface area (Å²) in [6, 6.07) is 4.29. The molecule has 0 aromatic heterocycles. The molecule has 86 valence electrons. The maximum atomic E-state index is 13.3. The predicted octanol–water partition coefficient (Wildman–Crippen LogP) is 2.74. The lowest BCUT2D eigenvalue weighted by molar-refractivity contribution is 0.0693. The molecule has 16 heavy (non-hydrogen) atoms. The Morgan fingerprint density at radius 1 is 1.50 bits per heavy atom. The number of hydrogen-bond acceptors (Lipinski definition) is 2. The molecular weight excluding hydrogens is 209 g/mol. The van der Waals surface area contributed by atoms with Crippen molar-refractivity contribution in [1.82, 2.24) is 0 Å². The second kappa shape index (κ2) is 4.51.